The molecular formula is C10H13NO2S. The van der Waals surface area contributed by atoms with Crippen LogP contribution in [0.15, 0.2) is 29.2 Å². The van der Waals surface area contributed by atoms with Gasteiger partial charge in [0, 0.05) is 17.0 Å². The predicted octanol–water partition coefficient (Wildman–Crippen LogP) is 2.23. The lowest BCUT2D eigenvalue weighted by atomic mass is 10.3. The van der Waals surface area contributed by atoms with Gasteiger partial charge in [0.1, 0.15) is 0 Å². The number of hydrogen-bond acceptors (Lipinski definition) is 3. The van der Waals surface area contributed by atoms with Crippen molar-refractivity contribution in [3.8, 4) is 0 Å². The highest BCUT2D eigenvalue weighted by atomic mass is 32.2. The zero-order chi connectivity index (χ0) is 10.4. The third-order valence-electron chi connectivity index (χ3n) is 1.66. The Kier molecular flexibility index (Phi) is 4.32. The van der Waals surface area contributed by atoms with Crippen LogP contribution in [0.5, 0.6) is 0 Å². The fourth-order valence-corrected chi connectivity index (χ4v) is 1.94. The first kappa shape index (κ1) is 10.9. The van der Waals surface area contributed by atoms with Gasteiger partial charge in [-0.25, -0.2) is 0 Å². The molecule has 3 nitrogen and oxygen atoms in total. The highest BCUT2D eigenvalue weighted by Gasteiger charge is 1.98. The number of anilines is 1. The molecule has 0 saturated heterocycles. The first-order chi connectivity index (χ1) is 6.68. The molecular weight excluding hydrogens is 198 g/mol. The zero-order valence-electron chi connectivity index (χ0n) is 7.77. The van der Waals surface area contributed by atoms with Crippen LogP contribution in [0.3, 0.4) is 0 Å². The molecule has 0 radical (unpaired) electrons. The normalized spacial score (nSPS) is 10.0. The topological polar surface area (TPSA) is 63.3 Å². The lowest BCUT2D eigenvalue weighted by Crippen LogP contribution is -1.94. The van der Waals surface area contributed by atoms with E-state index in [1.54, 1.807) is 11.8 Å². The summed E-state index contributed by atoms with van der Waals surface area (Å²) in [5.74, 6) is 0.0774. The molecule has 0 aliphatic heterocycles. The summed E-state index contributed by atoms with van der Waals surface area (Å²) in [6.45, 7) is 0. The maximum Gasteiger partial charge on any atom is 0.303 e. The van der Waals surface area contributed by atoms with Gasteiger partial charge in [-0.2, -0.15) is 0 Å². The Labute approximate surface area is 87.3 Å². The molecule has 14 heavy (non-hydrogen) atoms. The fourth-order valence-electron chi connectivity index (χ4n) is 1.02. The standard InChI is InChI=1S/C10H13NO2S/c11-8-3-1-4-9(7-8)14-6-2-5-10(12)13/h1,3-4,7H,2,5-6,11H2,(H,12,13). The molecule has 76 valence electrons. The number of aliphatic carboxylic acids is 1. The Morgan fingerprint density at radius 2 is 2.29 bits per heavy atom. The Balaban J connectivity index is 2.28. The second kappa shape index (κ2) is 5.54. The first-order valence-corrected chi connectivity index (χ1v) is 5.37. The fraction of sp³-hybridized carbons (Fsp3) is 0.300. The SMILES string of the molecule is Nc1cccc(SCCCC(=O)O)c1. The van der Waals surface area contributed by atoms with Gasteiger partial charge in [0.25, 0.3) is 0 Å². The zero-order valence-corrected chi connectivity index (χ0v) is 8.59. The van der Waals surface area contributed by atoms with Crippen molar-refractivity contribution in [3.05, 3.63) is 24.3 Å². The molecule has 0 atom stereocenters. The summed E-state index contributed by atoms with van der Waals surface area (Å²) in [7, 11) is 0. The van der Waals surface area contributed by atoms with E-state index in [4.69, 9.17) is 10.8 Å². The summed E-state index contributed by atoms with van der Waals surface area (Å²) >= 11 is 1.63. The van der Waals surface area contributed by atoms with Crippen LogP contribution in [0.2, 0.25) is 0 Å². The van der Waals surface area contributed by atoms with Crippen molar-refractivity contribution in [2.45, 2.75) is 17.7 Å². The van der Waals surface area contributed by atoms with Crippen LogP contribution in [-0.4, -0.2) is 16.8 Å². The lowest BCUT2D eigenvalue weighted by Gasteiger charge is -2.01. The van der Waals surface area contributed by atoms with Crippen LogP contribution in [-0.2, 0) is 4.79 Å². The number of rotatable bonds is 5. The predicted molar refractivity (Wildman–Crippen MR) is 58.4 cm³/mol. The van der Waals surface area contributed by atoms with E-state index in [0.29, 0.717) is 6.42 Å². The minimum Gasteiger partial charge on any atom is -0.481 e. The monoisotopic (exact) mass is 211 g/mol. The van der Waals surface area contributed by atoms with E-state index in [2.05, 4.69) is 0 Å². The van der Waals surface area contributed by atoms with Gasteiger partial charge >= 0.3 is 5.97 Å². The molecule has 0 aliphatic carbocycles. The number of carbonyl (C=O) groups is 1. The first-order valence-electron chi connectivity index (χ1n) is 4.38. The van der Waals surface area contributed by atoms with Crippen LogP contribution in [0.25, 0.3) is 0 Å². The van der Waals surface area contributed by atoms with Crippen molar-refractivity contribution in [2.75, 3.05) is 11.5 Å². The van der Waals surface area contributed by atoms with Gasteiger partial charge < -0.3 is 10.8 Å². The lowest BCUT2D eigenvalue weighted by molar-refractivity contribution is -0.137. The number of nitrogens with two attached hydrogens (primary N) is 1. The van der Waals surface area contributed by atoms with Gasteiger partial charge in [-0.1, -0.05) is 6.07 Å². The number of carboxylic acid groups (broad SMARTS) is 1. The van der Waals surface area contributed by atoms with E-state index in [1.165, 1.54) is 0 Å². The Morgan fingerprint density at radius 1 is 1.50 bits per heavy atom. The van der Waals surface area contributed by atoms with Crippen molar-refractivity contribution in [2.24, 2.45) is 0 Å². The highest BCUT2D eigenvalue weighted by Crippen LogP contribution is 2.21. The van der Waals surface area contributed by atoms with E-state index in [-0.39, 0.29) is 6.42 Å². The molecule has 0 amide bonds. The Bertz CT molecular complexity index is 315. The van der Waals surface area contributed by atoms with Crippen molar-refractivity contribution in [1.82, 2.24) is 0 Å². The largest absolute Gasteiger partial charge is 0.481 e. The summed E-state index contributed by atoms with van der Waals surface area (Å²) in [6.07, 6.45) is 0.921. The minimum absolute atomic E-state index is 0.231. The number of hydrogen-bond donors (Lipinski definition) is 2. The number of carboxylic acids is 1. The molecule has 1 aromatic carbocycles. The van der Waals surface area contributed by atoms with Crippen molar-refractivity contribution < 1.29 is 9.90 Å². The molecule has 0 unspecified atom stereocenters. The quantitative estimate of drug-likeness (QED) is 0.445. The summed E-state index contributed by atoms with van der Waals surface area (Å²) in [5, 5.41) is 8.43. The van der Waals surface area contributed by atoms with Gasteiger partial charge in [-0.3, -0.25) is 4.79 Å². The molecule has 1 aromatic rings. The van der Waals surface area contributed by atoms with Gasteiger partial charge in [0.2, 0.25) is 0 Å². The summed E-state index contributed by atoms with van der Waals surface area (Å²) in [5.41, 5.74) is 6.35. The Morgan fingerprint density at radius 3 is 2.93 bits per heavy atom. The molecule has 0 saturated carbocycles. The second-order valence-corrected chi connectivity index (χ2v) is 4.09. The molecule has 1 rings (SSSR count). The van der Waals surface area contributed by atoms with E-state index in [0.717, 1.165) is 16.3 Å². The van der Waals surface area contributed by atoms with Gasteiger partial charge in [0.05, 0.1) is 0 Å². The van der Waals surface area contributed by atoms with Crippen LogP contribution in [0.4, 0.5) is 5.69 Å². The average molecular weight is 211 g/mol. The minimum atomic E-state index is -0.738. The van der Waals surface area contributed by atoms with Crippen LogP contribution >= 0.6 is 11.8 Å². The summed E-state index contributed by atoms with van der Waals surface area (Å²) in [4.78, 5) is 11.3. The number of benzene rings is 1. The molecule has 0 spiro atoms. The van der Waals surface area contributed by atoms with Crippen LogP contribution < -0.4 is 5.73 Å². The third kappa shape index (κ3) is 4.18. The molecule has 3 N–H and O–H groups in total. The molecule has 0 aromatic heterocycles. The molecule has 0 aliphatic rings. The van der Waals surface area contributed by atoms with Gasteiger partial charge in [-0.15, -0.1) is 11.8 Å². The molecule has 0 fully saturated rings. The third-order valence-corrected chi connectivity index (χ3v) is 2.74. The number of nitrogen functional groups attached to an aromatic ring is 1. The van der Waals surface area contributed by atoms with Crippen LogP contribution in [0.1, 0.15) is 12.8 Å². The van der Waals surface area contributed by atoms with Gasteiger partial charge in [-0.05, 0) is 30.4 Å². The Hall–Kier alpha value is -1.16. The highest BCUT2D eigenvalue weighted by molar-refractivity contribution is 7.99. The second-order valence-electron chi connectivity index (χ2n) is 2.92. The van der Waals surface area contributed by atoms with Crippen molar-refractivity contribution in [3.63, 3.8) is 0 Å². The van der Waals surface area contributed by atoms with E-state index in [9.17, 15) is 4.79 Å². The average Bonchev–Trinajstić information content (AvgIpc) is 2.12. The van der Waals surface area contributed by atoms with E-state index >= 15 is 0 Å². The summed E-state index contributed by atoms with van der Waals surface area (Å²) in [6, 6.07) is 7.60. The van der Waals surface area contributed by atoms with Crippen molar-refractivity contribution in [1.29, 1.82) is 0 Å². The van der Waals surface area contributed by atoms with E-state index in [1.807, 2.05) is 24.3 Å². The maximum absolute atomic E-state index is 10.2. The van der Waals surface area contributed by atoms with Gasteiger partial charge in [0.15, 0.2) is 0 Å². The maximum atomic E-state index is 10.2. The molecule has 0 heterocycles. The van der Waals surface area contributed by atoms with E-state index < -0.39 is 5.97 Å². The summed E-state index contributed by atoms with van der Waals surface area (Å²) < 4.78 is 0. The van der Waals surface area contributed by atoms with Crippen molar-refractivity contribution >= 4 is 23.4 Å². The van der Waals surface area contributed by atoms with Crippen LogP contribution in [0, 0.1) is 0 Å². The molecule has 4 heteroatoms. The smallest absolute Gasteiger partial charge is 0.303 e. The molecule has 0 bridgehead atoms. The number of thioether (sulfide) groups is 1.